The van der Waals surface area contributed by atoms with E-state index in [1.165, 1.54) is 0 Å². The first-order valence-electron chi connectivity index (χ1n) is 7.22. The maximum Gasteiger partial charge on any atom is 0.264 e. The fraction of sp³-hybridized carbons (Fsp3) is 0.111. The molecular formula is C18H14N2O2. The summed E-state index contributed by atoms with van der Waals surface area (Å²) in [5, 5.41) is 0.865. The highest BCUT2D eigenvalue weighted by atomic mass is 16.5. The van der Waals surface area contributed by atoms with Gasteiger partial charge in [-0.05, 0) is 30.7 Å². The topological polar surface area (TPSA) is 44.1 Å². The molecular weight excluding hydrogens is 276 g/mol. The van der Waals surface area contributed by atoms with Crippen LogP contribution in [0.4, 0.5) is 0 Å². The third-order valence-corrected chi connectivity index (χ3v) is 3.81. The van der Waals surface area contributed by atoms with E-state index < -0.39 is 0 Å². The van der Waals surface area contributed by atoms with Gasteiger partial charge in [-0.15, -0.1) is 0 Å². The number of allylic oxidation sites excluding steroid dienone is 1. The lowest BCUT2D eigenvalue weighted by molar-refractivity contribution is 0.366. The first-order chi connectivity index (χ1) is 10.9. The summed E-state index contributed by atoms with van der Waals surface area (Å²) in [4.78, 5) is 17.4. The first kappa shape index (κ1) is 12.8. The molecule has 3 aromatic rings. The van der Waals surface area contributed by atoms with Crippen molar-refractivity contribution in [2.45, 2.75) is 6.42 Å². The second-order valence-corrected chi connectivity index (χ2v) is 5.14. The zero-order chi connectivity index (χ0) is 14.9. The number of pyridine rings is 2. The predicted molar refractivity (Wildman–Crippen MR) is 85.7 cm³/mol. The number of hydrogen-bond donors (Lipinski definition) is 0. The highest BCUT2D eigenvalue weighted by Gasteiger charge is 2.19. The minimum Gasteiger partial charge on any atom is -0.488 e. The van der Waals surface area contributed by atoms with Gasteiger partial charge in [0.05, 0.1) is 16.6 Å². The zero-order valence-corrected chi connectivity index (χ0v) is 11.9. The van der Waals surface area contributed by atoms with Crippen LogP contribution in [0.1, 0.15) is 5.56 Å². The monoisotopic (exact) mass is 290 g/mol. The van der Waals surface area contributed by atoms with Gasteiger partial charge in [-0.1, -0.05) is 30.4 Å². The molecule has 108 valence electrons. The quantitative estimate of drug-likeness (QED) is 0.647. The van der Waals surface area contributed by atoms with Crippen molar-refractivity contribution in [2.24, 2.45) is 0 Å². The molecule has 22 heavy (non-hydrogen) atoms. The third-order valence-electron chi connectivity index (χ3n) is 3.81. The molecule has 0 saturated heterocycles. The summed E-state index contributed by atoms with van der Waals surface area (Å²) in [6, 6.07) is 13.4. The standard InChI is InChI=1S/C18H14N2O2/c21-18-15-9-4-5-12-22-16(15)14-10-6-11-19-17(14)20(18)13-7-2-1-3-8-13/h1-8,10-11H,9,12H2. The van der Waals surface area contributed by atoms with Crippen molar-refractivity contribution >= 4 is 11.0 Å². The van der Waals surface area contributed by atoms with E-state index in [0.717, 1.165) is 11.1 Å². The zero-order valence-electron chi connectivity index (χ0n) is 11.9. The number of hydrogen-bond acceptors (Lipinski definition) is 3. The van der Waals surface area contributed by atoms with Gasteiger partial charge < -0.3 is 4.74 Å². The molecule has 0 radical (unpaired) electrons. The molecule has 0 fully saturated rings. The lowest BCUT2D eigenvalue weighted by Gasteiger charge is -2.15. The highest BCUT2D eigenvalue weighted by molar-refractivity contribution is 5.85. The minimum atomic E-state index is -0.0704. The summed E-state index contributed by atoms with van der Waals surface area (Å²) in [5.41, 5.74) is 2.05. The number of fused-ring (bicyclic) bond motifs is 3. The minimum absolute atomic E-state index is 0.0704. The van der Waals surface area contributed by atoms with Crippen LogP contribution in [0.3, 0.4) is 0 Å². The van der Waals surface area contributed by atoms with Crippen molar-refractivity contribution in [1.29, 1.82) is 0 Å². The van der Waals surface area contributed by atoms with Crippen LogP contribution in [-0.2, 0) is 6.42 Å². The molecule has 4 rings (SSSR count). The van der Waals surface area contributed by atoms with Gasteiger partial charge in [0.15, 0.2) is 5.65 Å². The van der Waals surface area contributed by atoms with Crippen molar-refractivity contribution in [3.05, 3.63) is 76.7 Å². The SMILES string of the molecule is O=c1c2c(c3cccnc3n1-c1ccccc1)OCC=CC2. The van der Waals surface area contributed by atoms with E-state index in [2.05, 4.69) is 4.98 Å². The van der Waals surface area contributed by atoms with Gasteiger partial charge >= 0.3 is 0 Å². The summed E-state index contributed by atoms with van der Waals surface area (Å²) in [6.45, 7) is 0.478. The molecule has 0 bridgehead atoms. The summed E-state index contributed by atoms with van der Waals surface area (Å²) in [5.74, 6) is 0.658. The molecule has 0 unspecified atom stereocenters. The van der Waals surface area contributed by atoms with E-state index in [-0.39, 0.29) is 5.56 Å². The van der Waals surface area contributed by atoms with Crippen LogP contribution in [-0.4, -0.2) is 16.2 Å². The molecule has 4 heteroatoms. The fourth-order valence-corrected chi connectivity index (χ4v) is 2.81. The molecule has 0 saturated carbocycles. The van der Waals surface area contributed by atoms with Gasteiger partial charge in [0, 0.05) is 6.20 Å². The van der Waals surface area contributed by atoms with Gasteiger partial charge in [0.2, 0.25) is 0 Å². The molecule has 1 aromatic carbocycles. The number of benzene rings is 1. The molecule has 0 N–H and O–H groups in total. The second-order valence-electron chi connectivity index (χ2n) is 5.14. The number of aromatic nitrogens is 2. The Bertz CT molecular complexity index is 927. The summed E-state index contributed by atoms with van der Waals surface area (Å²) >= 11 is 0. The van der Waals surface area contributed by atoms with Crippen molar-refractivity contribution in [3.63, 3.8) is 0 Å². The van der Waals surface area contributed by atoms with E-state index in [1.807, 2.05) is 54.6 Å². The summed E-state index contributed by atoms with van der Waals surface area (Å²) in [7, 11) is 0. The molecule has 4 nitrogen and oxygen atoms in total. The summed E-state index contributed by atoms with van der Waals surface area (Å²) in [6.07, 6.45) is 6.19. The van der Waals surface area contributed by atoms with Gasteiger partial charge in [0.1, 0.15) is 12.4 Å². The van der Waals surface area contributed by atoms with Crippen molar-refractivity contribution in [3.8, 4) is 11.4 Å². The number of nitrogens with zero attached hydrogens (tertiary/aromatic N) is 2. The Morgan fingerprint density at radius 3 is 2.77 bits per heavy atom. The average molecular weight is 290 g/mol. The molecule has 0 amide bonds. The smallest absolute Gasteiger partial charge is 0.264 e. The van der Waals surface area contributed by atoms with Crippen LogP contribution in [0.25, 0.3) is 16.7 Å². The third kappa shape index (κ3) is 1.92. The molecule has 0 aliphatic carbocycles. The fourth-order valence-electron chi connectivity index (χ4n) is 2.81. The van der Waals surface area contributed by atoms with Crippen LogP contribution in [0.2, 0.25) is 0 Å². The second kappa shape index (κ2) is 5.15. The van der Waals surface area contributed by atoms with E-state index in [9.17, 15) is 4.79 Å². The van der Waals surface area contributed by atoms with E-state index >= 15 is 0 Å². The maximum atomic E-state index is 13.0. The first-order valence-corrected chi connectivity index (χ1v) is 7.22. The van der Waals surface area contributed by atoms with Gasteiger partial charge in [-0.3, -0.25) is 9.36 Å². The van der Waals surface area contributed by atoms with Crippen LogP contribution in [0.15, 0.2) is 65.6 Å². The molecule has 2 aromatic heterocycles. The van der Waals surface area contributed by atoms with E-state index in [0.29, 0.717) is 30.0 Å². The van der Waals surface area contributed by atoms with Crippen LogP contribution < -0.4 is 10.3 Å². The normalized spacial score (nSPS) is 13.5. The molecule has 0 atom stereocenters. The number of ether oxygens (including phenoxy) is 1. The Morgan fingerprint density at radius 2 is 1.91 bits per heavy atom. The molecule has 1 aliphatic heterocycles. The molecule has 0 spiro atoms. The van der Waals surface area contributed by atoms with Gasteiger partial charge in [-0.25, -0.2) is 4.98 Å². The van der Waals surface area contributed by atoms with E-state index in [1.54, 1.807) is 10.8 Å². The highest BCUT2D eigenvalue weighted by Crippen LogP contribution is 2.29. The maximum absolute atomic E-state index is 13.0. The average Bonchev–Trinajstić information content (AvgIpc) is 2.82. The number of para-hydroxylation sites is 1. The summed E-state index contributed by atoms with van der Waals surface area (Å²) < 4.78 is 7.46. The van der Waals surface area contributed by atoms with E-state index in [4.69, 9.17) is 4.74 Å². The van der Waals surface area contributed by atoms with Crippen LogP contribution in [0.5, 0.6) is 5.75 Å². The Labute approximate surface area is 127 Å². The Balaban J connectivity index is 2.15. The lowest BCUT2D eigenvalue weighted by Crippen LogP contribution is -2.24. The van der Waals surface area contributed by atoms with Gasteiger partial charge in [0.25, 0.3) is 5.56 Å². The Kier molecular flexibility index (Phi) is 3.00. The van der Waals surface area contributed by atoms with Crippen LogP contribution in [0, 0.1) is 0 Å². The number of rotatable bonds is 1. The van der Waals surface area contributed by atoms with Crippen molar-refractivity contribution in [2.75, 3.05) is 6.61 Å². The van der Waals surface area contributed by atoms with Crippen molar-refractivity contribution in [1.82, 2.24) is 9.55 Å². The lowest BCUT2D eigenvalue weighted by atomic mass is 10.1. The Hall–Kier alpha value is -2.88. The molecule has 1 aliphatic rings. The largest absolute Gasteiger partial charge is 0.488 e. The molecule has 3 heterocycles. The van der Waals surface area contributed by atoms with Crippen LogP contribution >= 0.6 is 0 Å². The van der Waals surface area contributed by atoms with Gasteiger partial charge in [-0.2, -0.15) is 0 Å². The predicted octanol–water partition coefficient (Wildman–Crippen LogP) is 2.88. The Morgan fingerprint density at radius 1 is 1.05 bits per heavy atom. The van der Waals surface area contributed by atoms with Crippen molar-refractivity contribution < 1.29 is 4.74 Å².